The van der Waals surface area contributed by atoms with Gasteiger partial charge in [-0.25, -0.2) is 8.78 Å². The van der Waals surface area contributed by atoms with Gasteiger partial charge in [-0.15, -0.1) is 0 Å². The number of rotatable bonds is 1. The third kappa shape index (κ3) is 2.26. The van der Waals surface area contributed by atoms with E-state index in [1.165, 1.54) is 6.07 Å². The fourth-order valence-corrected chi connectivity index (χ4v) is 2.19. The first kappa shape index (κ1) is 12.0. The van der Waals surface area contributed by atoms with E-state index in [1.54, 1.807) is 6.07 Å². The van der Waals surface area contributed by atoms with E-state index in [0.717, 1.165) is 23.1 Å². The van der Waals surface area contributed by atoms with Crippen molar-refractivity contribution in [3.8, 4) is 5.75 Å². The largest absolute Gasteiger partial charge is 0.489 e. The van der Waals surface area contributed by atoms with Crippen LogP contribution >= 0.6 is 0 Å². The molecular weight excluding hydrogens is 248 g/mol. The van der Waals surface area contributed by atoms with Crippen LogP contribution in [0.25, 0.3) is 0 Å². The van der Waals surface area contributed by atoms with Crippen molar-refractivity contribution in [2.75, 3.05) is 11.9 Å². The summed E-state index contributed by atoms with van der Waals surface area (Å²) in [4.78, 5) is 0. The molecule has 19 heavy (non-hydrogen) atoms. The minimum absolute atomic E-state index is 0.176. The highest BCUT2D eigenvalue weighted by atomic mass is 19.2. The zero-order chi connectivity index (χ0) is 13.4. The van der Waals surface area contributed by atoms with Crippen LogP contribution in [0.2, 0.25) is 0 Å². The van der Waals surface area contributed by atoms with Gasteiger partial charge < -0.3 is 10.1 Å². The van der Waals surface area contributed by atoms with Crippen molar-refractivity contribution in [3.63, 3.8) is 0 Å². The van der Waals surface area contributed by atoms with Gasteiger partial charge in [0, 0.05) is 0 Å². The molecule has 0 aromatic heterocycles. The van der Waals surface area contributed by atoms with Gasteiger partial charge >= 0.3 is 0 Å². The zero-order valence-corrected chi connectivity index (χ0v) is 10.4. The predicted molar refractivity (Wildman–Crippen MR) is 69.4 cm³/mol. The number of benzene rings is 2. The lowest BCUT2D eigenvalue weighted by atomic mass is 10.0. The molecule has 1 atom stereocenters. The quantitative estimate of drug-likeness (QED) is 0.842. The van der Waals surface area contributed by atoms with E-state index in [9.17, 15) is 8.78 Å². The lowest BCUT2D eigenvalue weighted by Gasteiger charge is -2.28. The average molecular weight is 261 g/mol. The van der Waals surface area contributed by atoms with Crippen molar-refractivity contribution in [2.45, 2.75) is 13.0 Å². The van der Waals surface area contributed by atoms with Crippen molar-refractivity contribution in [1.29, 1.82) is 0 Å². The fraction of sp³-hybridized carbons (Fsp3) is 0.200. The van der Waals surface area contributed by atoms with Crippen LogP contribution in [-0.2, 0) is 0 Å². The molecule has 0 aliphatic carbocycles. The molecule has 98 valence electrons. The Kier molecular flexibility index (Phi) is 2.85. The number of anilines is 1. The Morgan fingerprint density at radius 3 is 2.74 bits per heavy atom. The second-order valence-electron chi connectivity index (χ2n) is 4.68. The maximum absolute atomic E-state index is 13.3. The Morgan fingerprint density at radius 1 is 1.11 bits per heavy atom. The summed E-state index contributed by atoms with van der Waals surface area (Å²) in [5.74, 6) is -0.893. The van der Waals surface area contributed by atoms with E-state index >= 15 is 0 Å². The third-order valence-corrected chi connectivity index (χ3v) is 3.22. The Bertz CT molecular complexity index is 628. The molecule has 1 unspecified atom stereocenters. The summed E-state index contributed by atoms with van der Waals surface area (Å²) in [7, 11) is 0. The highest BCUT2D eigenvalue weighted by Gasteiger charge is 2.21. The fourth-order valence-electron chi connectivity index (χ4n) is 2.19. The van der Waals surface area contributed by atoms with Crippen molar-refractivity contribution >= 4 is 5.69 Å². The van der Waals surface area contributed by atoms with E-state index in [0.29, 0.717) is 12.2 Å². The molecule has 0 radical (unpaired) electrons. The number of hydrogen-bond donors (Lipinski definition) is 1. The third-order valence-electron chi connectivity index (χ3n) is 3.22. The van der Waals surface area contributed by atoms with Gasteiger partial charge in [-0.3, -0.25) is 0 Å². The topological polar surface area (TPSA) is 21.3 Å². The standard InChI is InChI=1S/C15H13F2NO/c1-9-2-5-15-13(6-9)18-14(8-19-15)10-3-4-11(16)12(17)7-10/h2-7,14,18H,8H2,1H3. The molecule has 2 aromatic rings. The van der Waals surface area contributed by atoms with Gasteiger partial charge in [-0.2, -0.15) is 0 Å². The Morgan fingerprint density at radius 2 is 1.95 bits per heavy atom. The van der Waals surface area contributed by atoms with E-state index in [2.05, 4.69) is 5.32 Å². The van der Waals surface area contributed by atoms with Crippen molar-refractivity contribution in [1.82, 2.24) is 0 Å². The van der Waals surface area contributed by atoms with Gasteiger partial charge in [0.25, 0.3) is 0 Å². The molecule has 0 saturated carbocycles. The summed E-state index contributed by atoms with van der Waals surface area (Å²) in [5.41, 5.74) is 2.66. The van der Waals surface area contributed by atoms with E-state index in [4.69, 9.17) is 4.74 Å². The van der Waals surface area contributed by atoms with Crippen LogP contribution in [0.3, 0.4) is 0 Å². The molecule has 1 aliphatic rings. The SMILES string of the molecule is Cc1ccc2c(c1)NC(c1ccc(F)c(F)c1)CO2. The molecular formula is C15H13F2NO. The van der Waals surface area contributed by atoms with Gasteiger partial charge in [0.2, 0.25) is 0 Å². The minimum Gasteiger partial charge on any atom is -0.489 e. The van der Waals surface area contributed by atoms with Crippen molar-refractivity contribution in [2.24, 2.45) is 0 Å². The Balaban J connectivity index is 1.90. The molecule has 2 nitrogen and oxygen atoms in total. The number of halogens is 2. The van der Waals surface area contributed by atoms with Crippen molar-refractivity contribution < 1.29 is 13.5 Å². The highest BCUT2D eigenvalue weighted by Crippen LogP contribution is 2.34. The first-order valence-corrected chi connectivity index (χ1v) is 6.08. The Labute approximate surface area is 110 Å². The Hall–Kier alpha value is -2.10. The summed E-state index contributed by atoms with van der Waals surface area (Å²) in [5, 5.41) is 3.29. The first-order valence-electron chi connectivity index (χ1n) is 6.08. The van der Waals surface area contributed by atoms with Crippen LogP contribution in [-0.4, -0.2) is 6.61 Å². The molecule has 0 spiro atoms. The second kappa shape index (κ2) is 4.53. The van der Waals surface area contributed by atoms with Crippen LogP contribution in [0.1, 0.15) is 17.2 Å². The minimum atomic E-state index is -0.839. The summed E-state index contributed by atoms with van der Waals surface area (Å²) in [6.45, 7) is 2.38. The molecule has 1 N–H and O–H groups in total. The number of ether oxygens (including phenoxy) is 1. The van der Waals surface area contributed by atoms with Crippen LogP contribution in [0.4, 0.5) is 14.5 Å². The van der Waals surface area contributed by atoms with E-state index < -0.39 is 11.6 Å². The van der Waals surface area contributed by atoms with E-state index in [-0.39, 0.29) is 6.04 Å². The summed E-state index contributed by atoms with van der Waals surface area (Å²) >= 11 is 0. The zero-order valence-electron chi connectivity index (χ0n) is 10.4. The monoisotopic (exact) mass is 261 g/mol. The lowest BCUT2D eigenvalue weighted by molar-refractivity contribution is 0.286. The summed E-state index contributed by atoms with van der Waals surface area (Å²) in [6.07, 6.45) is 0. The molecule has 1 aliphatic heterocycles. The van der Waals surface area contributed by atoms with Gasteiger partial charge in [0.05, 0.1) is 11.7 Å². The van der Waals surface area contributed by atoms with Gasteiger partial charge in [-0.05, 0) is 42.3 Å². The molecule has 2 aromatic carbocycles. The van der Waals surface area contributed by atoms with Crippen LogP contribution in [0, 0.1) is 18.6 Å². The number of fused-ring (bicyclic) bond motifs is 1. The van der Waals surface area contributed by atoms with Crippen LogP contribution in [0.15, 0.2) is 36.4 Å². The molecule has 0 fully saturated rings. The summed E-state index contributed by atoms with van der Waals surface area (Å²) < 4.78 is 31.8. The maximum atomic E-state index is 13.3. The van der Waals surface area contributed by atoms with E-state index in [1.807, 2.05) is 25.1 Å². The molecule has 0 amide bonds. The molecule has 1 heterocycles. The summed E-state index contributed by atoms with van der Waals surface area (Å²) in [6, 6.07) is 9.58. The molecule has 4 heteroatoms. The van der Waals surface area contributed by atoms with Gasteiger partial charge in [0.15, 0.2) is 11.6 Å². The first-order chi connectivity index (χ1) is 9.13. The van der Waals surface area contributed by atoms with Gasteiger partial charge in [0.1, 0.15) is 12.4 Å². The van der Waals surface area contributed by atoms with Crippen molar-refractivity contribution in [3.05, 3.63) is 59.2 Å². The lowest BCUT2D eigenvalue weighted by Crippen LogP contribution is -2.24. The van der Waals surface area contributed by atoms with Crippen LogP contribution < -0.4 is 10.1 Å². The molecule has 0 bridgehead atoms. The van der Waals surface area contributed by atoms with Gasteiger partial charge in [-0.1, -0.05) is 12.1 Å². The number of nitrogens with one attached hydrogen (secondary N) is 1. The average Bonchev–Trinajstić information content (AvgIpc) is 2.41. The smallest absolute Gasteiger partial charge is 0.159 e. The number of hydrogen-bond acceptors (Lipinski definition) is 2. The predicted octanol–water partition coefficient (Wildman–Crippen LogP) is 3.82. The molecule has 3 rings (SSSR count). The maximum Gasteiger partial charge on any atom is 0.159 e. The number of aryl methyl sites for hydroxylation is 1. The highest BCUT2D eigenvalue weighted by molar-refractivity contribution is 5.60. The van der Waals surface area contributed by atoms with Crippen LogP contribution in [0.5, 0.6) is 5.75 Å². The normalized spacial score (nSPS) is 17.3. The molecule has 0 saturated heterocycles. The second-order valence-corrected chi connectivity index (χ2v) is 4.68.